The Hall–Kier alpha value is -2.94. The van der Waals surface area contributed by atoms with Gasteiger partial charge in [0.15, 0.2) is 17.5 Å². The lowest BCUT2D eigenvalue weighted by Gasteiger charge is -2.33. The average molecular weight is 426 g/mol. The molecular formula is C22H29N6O3+. The first-order chi connectivity index (χ1) is 15.0. The van der Waals surface area contributed by atoms with Crippen LogP contribution in [0.15, 0.2) is 23.0 Å². The van der Waals surface area contributed by atoms with Crippen molar-refractivity contribution in [3.05, 3.63) is 39.9 Å². The molecule has 1 aromatic carbocycles. The second-order valence-corrected chi connectivity index (χ2v) is 9.11. The van der Waals surface area contributed by atoms with E-state index in [1.807, 2.05) is 22.9 Å². The van der Waals surface area contributed by atoms with Crippen LogP contribution >= 0.6 is 0 Å². The summed E-state index contributed by atoms with van der Waals surface area (Å²) in [6.07, 6.45) is 4.37. The van der Waals surface area contributed by atoms with Gasteiger partial charge in [-0.05, 0) is 62.1 Å². The maximum Gasteiger partial charge on any atom is 0.258 e. The predicted octanol–water partition coefficient (Wildman–Crippen LogP) is 1.55. The van der Waals surface area contributed by atoms with Crippen LogP contribution in [0.3, 0.4) is 0 Å². The number of pyridine rings is 1. The Labute approximate surface area is 180 Å². The number of benzene rings is 1. The molecule has 2 N–H and O–H groups in total. The van der Waals surface area contributed by atoms with Gasteiger partial charge in [-0.2, -0.15) is 0 Å². The van der Waals surface area contributed by atoms with Crippen LogP contribution in [0.5, 0.6) is 11.5 Å². The summed E-state index contributed by atoms with van der Waals surface area (Å²) in [6, 6.07) is 5.49. The topological polar surface area (TPSA) is 99.4 Å². The molecule has 1 saturated heterocycles. The minimum atomic E-state index is -0.248. The number of hydrogen-bond acceptors (Lipinski definition) is 6. The monoisotopic (exact) mass is 425 g/mol. The van der Waals surface area contributed by atoms with Crippen molar-refractivity contribution in [2.75, 3.05) is 19.9 Å². The number of ether oxygens (including phenoxy) is 2. The van der Waals surface area contributed by atoms with E-state index < -0.39 is 0 Å². The van der Waals surface area contributed by atoms with E-state index in [9.17, 15) is 4.79 Å². The summed E-state index contributed by atoms with van der Waals surface area (Å²) in [5, 5.41) is 13.7. The van der Waals surface area contributed by atoms with Gasteiger partial charge in [-0.1, -0.05) is 6.92 Å². The number of tetrazole rings is 1. The summed E-state index contributed by atoms with van der Waals surface area (Å²) < 4.78 is 12.9. The van der Waals surface area contributed by atoms with Crippen LogP contribution in [-0.2, 0) is 5.54 Å². The van der Waals surface area contributed by atoms with Crippen LogP contribution in [0.4, 0.5) is 0 Å². The van der Waals surface area contributed by atoms with E-state index in [2.05, 4.69) is 41.3 Å². The molecule has 31 heavy (non-hydrogen) atoms. The highest BCUT2D eigenvalue weighted by Crippen LogP contribution is 2.35. The van der Waals surface area contributed by atoms with Crippen molar-refractivity contribution in [3.8, 4) is 11.5 Å². The number of likely N-dealkylation sites (tertiary alicyclic amines) is 1. The highest BCUT2D eigenvalue weighted by Gasteiger charge is 2.37. The second kappa shape index (κ2) is 7.64. The molecule has 0 radical (unpaired) electrons. The fraction of sp³-hybridized carbons (Fsp3) is 0.545. The zero-order valence-corrected chi connectivity index (χ0v) is 18.3. The Bertz CT molecular complexity index is 1160. The Morgan fingerprint density at radius 3 is 2.65 bits per heavy atom. The lowest BCUT2D eigenvalue weighted by molar-refractivity contribution is -0.931. The summed E-state index contributed by atoms with van der Waals surface area (Å²) in [5.74, 6) is 2.10. The standard InChI is InChI=1S/C22H28N6O3/c1-4-22(2,3)28-20(24-25-26-28)19(27-8-6-5-7-9-27)15-10-14-11-17-18(31-13-30-17)12-16(14)23-21(15)29/h10-12,19H,4-9,13H2,1-3H3,(H,23,29)/p+1/t19-/m1/s1. The molecule has 0 amide bonds. The molecule has 5 rings (SSSR count). The van der Waals surface area contributed by atoms with E-state index in [1.54, 1.807) is 0 Å². The number of fused-ring (bicyclic) bond motifs is 2. The Morgan fingerprint density at radius 2 is 1.90 bits per heavy atom. The quantitative estimate of drug-likeness (QED) is 0.644. The van der Waals surface area contributed by atoms with Gasteiger partial charge in [0.25, 0.3) is 5.56 Å². The van der Waals surface area contributed by atoms with Gasteiger partial charge in [0.2, 0.25) is 12.6 Å². The number of H-pyrrole nitrogens is 1. The van der Waals surface area contributed by atoms with Crippen LogP contribution in [0.2, 0.25) is 0 Å². The van der Waals surface area contributed by atoms with Crippen LogP contribution in [0, 0.1) is 0 Å². The van der Waals surface area contributed by atoms with Gasteiger partial charge in [-0.3, -0.25) is 4.79 Å². The molecule has 0 bridgehead atoms. The molecule has 3 aromatic rings. The van der Waals surface area contributed by atoms with Crippen LogP contribution < -0.4 is 19.9 Å². The Balaban J connectivity index is 1.68. The van der Waals surface area contributed by atoms with Gasteiger partial charge < -0.3 is 19.4 Å². The van der Waals surface area contributed by atoms with Crippen molar-refractivity contribution in [1.82, 2.24) is 25.2 Å². The highest BCUT2D eigenvalue weighted by atomic mass is 16.7. The van der Waals surface area contributed by atoms with E-state index >= 15 is 0 Å². The van der Waals surface area contributed by atoms with Crippen LogP contribution in [-0.4, -0.2) is 45.1 Å². The van der Waals surface area contributed by atoms with Gasteiger partial charge in [0, 0.05) is 11.5 Å². The third-order valence-electron chi connectivity index (χ3n) is 6.77. The molecular weight excluding hydrogens is 396 g/mol. The smallest absolute Gasteiger partial charge is 0.258 e. The molecule has 0 aliphatic carbocycles. The van der Waals surface area contributed by atoms with Crippen molar-refractivity contribution in [3.63, 3.8) is 0 Å². The number of nitrogens with one attached hydrogen (secondary N) is 2. The van der Waals surface area contributed by atoms with E-state index in [0.29, 0.717) is 17.1 Å². The lowest BCUT2D eigenvalue weighted by Crippen LogP contribution is -3.13. The number of hydrogen-bond donors (Lipinski definition) is 2. The summed E-state index contributed by atoms with van der Waals surface area (Å²) >= 11 is 0. The van der Waals surface area contributed by atoms with Crippen molar-refractivity contribution >= 4 is 10.9 Å². The van der Waals surface area contributed by atoms with Crippen molar-refractivity contribution in [2.24, 2.45) is 0 Å². The van der Waals surface area contributed by atoms with Crippen LogP contribution in [0.25, 0.3) is 10.9 Å². The normalized spacial score (nSPS) is 17.9. The van der Waals surface area contributed by atoms with Crippen molar-refractivity contribution < 1.29 is 14.4 Å². The minimum absolute atomic E-state index is 0.113. The third-order valence-corrected chi connectivity index (χ3v) is 6.77. The number of aromatic nitrogens is 5. The first-order valence-electron chi connectivity index (χ1n) is 11.1. The summed E-state index contributed by atoms with van der Waals surface area (Å²) in [5.41, 5.74) is 1.06. The zero-order valence-electron chi connectivity index (χ0n) is 18.3. The van der Waals surface area contributed by atoms with E-state index in [1.165, 1.54) is 11.3 Å². The van der Waals surface area contributed by atoms with Gasteiger partial charge in [-0.15, -0.1) is 5.10 Å². The first kappa shape index (κ1) is 20.0. The van der Waals surface area contributed by atoms with Gasteiger partial charge >= 0.3 is 0 Å². The molecule has 2 aromatic heterocycles. The molecule has 2 aliphatic heterocycles. The van der Waals surface area contributed by atoms with Gasteiger partial charge in [0.05, 0.1) is 29.7 Å². The molecule has 164 valence electrons. The van der Waals surface area contributed by atoms with E-state index in [4.69, 9.17) is 9.47 Å². The molecule has 9 nitrogen and oxygen atoms in total. The number of rotatable bonds is 5. The van der Waals surface area contributed by atoms with Crippen molar-refractivity contribution in [2.45, 2.75) is 58.0 Å². The number of aromatic amines is 1. The van der Waals surface area contributed by atoms with Crippen molar-refractivity contribution in [1.29, 1.82) is 0 Å². The first-order valence-corrected chi connectivity index (χ1v) is 11.1. The highest BCUT2D eigenvalue weighted by molar-refractivity contribution is 5.83. The van der Waals surface area contributed by atoms with E-state index in [0.717, 1.165) is 49.1 Å². The summed E-state index contributed by atoms with van der Waals surface area (Å²) in [7, 11) is 0. The number of quaternary nitrogens is 1. The van der Waals surface area contributed by atoms with E-state index in [-0.39, 0.29) is 23.9 Å². The third kappa shape index (κ3) is 3.46. The Morgan fingerprint density at radius 1 is 1.16 bits per heavy atom. The molecule has 0 unspecified atom stereocenters. The zero-order chi connectivity index (χ0) is 21.6. The molecule has 1 atom stereocenters. The molecule has 4 heterocycles. The van der Waals surface area contributed by atoms with Gasteiger partial charge in [0.1, 0.15) is 0 Å². The summed E-state index contributed by atoms with van der Waals surface area (Å²) in [4.78, 5) is 17.7. The average Bonchev–Trinajstić information content (AvgIpc) is 3.43. The lowest BCUT2D eigenvalue weighted by atomic mass is 9.98. The fourth-order valence-electron chi connectivity index (χ4n) is 4.62. The minimum Gasteiger partial charge on any atom is -0.454 e. The SMILES string of the molecule is CCC(C)(C)n1nnnc1[C@@H](c1cc2cc3c(cc2[nH]c1=O)OCO3)[NH+]1CCCCC1. The maximum absolute atomic E-state index is 13.3. The number of nitrogens with zero attached hydrogens (tertiary/aromatic N) is 4. The molecule has 1 fully saturated rings. The largest absolute Gasteiger partial charge is 0.454 e. The molecule has 2 aliphatic rings. The predicted molar refractivity (Wildman–Crippen MR) is 115 cm³/mol. The second-order valence-electron chi connectivity index (χ2n) is 9.11. The fourth-order valence-corrected chi connectivity index (χ4v) is 4.62. The van der Waals surface area contributed by atoms with Gasteiger partial charge in [-0.25, -0.2) is 4.68 Å². The van der Waals surface area contributed by atoms with Crippen LogP contribution in [0.1, 0.15) is 63.9 Å². The number of piperidine rings is 1. The molecule has 9 heteroatoms. The Kier molecular flexibility index (Phi) is 4.92. The summed E-state index contributed by atoms with van der Waals surface area (Å²) in [6.45, 7) is 8.55. The molecule has 0 spiro atoms. The maximum atomic E-state index is 13.3. The molecule has 0 saturated carbocycles.